The van der Waals surface area contributed by atoms with Crippen LogP contribution in [0.15, 0.2) is 23.2 Å². The van der Waals surface area contributed by atoms with Gasteiger partial charge in [-0.05, 0) is 19.4 Å². The molecule has 0 aliphatic rings. The number of sulfonamides is 1. The Labute approximate surface area is 108 Å². The van der Waals surface area contributed by atoms with Crippen molar-refractivity contribution in [1.82, 2.24) is 9.29 Å². The minimum atomic E-state index is -3.51. The number of hydrogen-bond acceptors (Lipinski definition) is 5. The lowest BCUT2D eigenvalue weighted by molar-refractivity contribution is 0.275. The maximum Gasteiger partial charge on any atom is 0.243 e. The fraction of sp³-hybridized carbons (Fsp3) is 0.545. The van der Waals surface area contributed by atoms with Crippen LogP contribution in [-0.2, 0) is 10.0 Å². The van der Waals surface area contributed by atoms with E-state index in [1.165, 1.54) is 29.7 Å². The quantitative estimate of drug-likeness (QED) is 0.756. The average Bonchev–Trinajstić information content (AvgIpc) is 2.36. The molecule has 0 bridgehead atoms. The van der Waals surface area contributed by atoms with Gasteiger partial charge in [-0.25, -0.2) is 17.7 Å². The van der Waals surface area contributed by atoms with Crippen molar-refractivity contribution in [2.45, 2.75) is 18.2 Å². The lowest BCUT2D eigenvalue weighted by Gasteiger charge is -2.17. The van der Waals surface area contributed by atoms with Crippen molar-refractivity contribution < 1.29 is 13.5 Å². The molecule has 1 rings (SSSR count). The van der Waals surface area contributed by atoms with E-state index in [-0.39, 0.29) is 18.0 Å². The van der Waals surface area contributed by atoms with E-state index in [9.17, 15) is 8.42 Å². The Balaban J connectivity index is 2.93. The zero-order valence-corrected chi connectivity index (χ0v) is 11.4. The Bertz CT molecular complexity index is 476. The number of nitrogens with one attached hydrogen (secondary N) is 1. The summed E-state index contributed by atoms with van der Waals surface area (Å²) in [6, 6.07) is 2.97. The van der Waals surface area contributed by atoms with E-state index < -0.39 is 10.0 Å². The standard InChI is InChI=1S/C11H19N3O3S/c1-3-12-11-9-10(5-6-13-11)18(16,17)14(2)7-4-8-15/h5-6,9,15H,3-4,7-8H2,1-2H3,(H,12,13). The Kier molecular flexibility index (Phi) is 5.52. The molecule has 0 amide bonds. The van der Waals surface area contributed by atoms with Gasteiger partial charge in [0.25, 0.3) is 0 Å². The fourth-order valence-corrected chi connectivity index (χ4v) is 2.67. The summed E-state index contributed by atoms with van der Waals surface area (Å²) in [6.07, 6.45) is 1.88. The lowest BCUT2D eigenvalue weighted by Crippen LogP contribution is -2.28. The number of nitrogens with zero attached hydrogens (tertiary/aromatic N) is 2. The van der Waals surface area contributed by atoms with Gasteiger partial charge in [0.1, 0.15) is 5.82 Å². The topological polar surface area (TPSA) is 82.5 Å². The lowest BCUT2D eigenvalue weighted by atomic mass is 10.4. The second-order valence-electron chi connectivity index (χ2n) is 3.81. The van der Waals surface area contributed by atoms with Crippen LogP contribution < -0.4 is 5.32 Å². The summed E-state index contributed by atoms with van der Waals surface area (Å²) >= 11 is 0. The molecule has 0 fully saturated rings. The van der Waals surface area contributed by atoms with Crippen molar-refractivity contribution in [2.75, 3.05) is 32.1 Å². The predicted molar refractivity (Wildman–Crippen MR) is 69.9 cm³/mol. The molecule has 1 heterocycles. The van der Waals surface area contributed by atoms with Gasteiger partial charge in [0.2, 0.25) is 10.0 Å². The molecule has 1 aromatic heterocycles. The Hall–Kier alpha value is -1.18. The predicted octanol–water partition coefficient (Wildman–Crippen LogP) is 0.516. The molecule has 0 aromatic carbocycles. The maximum absolute atomic E-state index is 12.2. The van der Waals surface area contributed by atoms with Crippen LogP contribution in [0.25, 0.3) is 0 Å². The molecule has 18 heavy (non-hydrogen) atoms. The molecular formula is C11H19N3O3S. The van der Waals surface area contributed by atoms with Crippen LogP contribution in [0, 0.1) is 0 Å². The minimum absolute atomic E-state index is 0.0289. The summed E-state index contributed by atoms with van der Waals surface area (Å²) in [5, 5.41) is 11.7. The summed E-state index contributed by atoms with van der Waals surface area (Å²) in [5.74, 6) is 0.536. The highest BCUT2D eigenvalue weighted by Gasteiger charge is 2.20. The third-order valence-electron chi connectivity index (χ3n) is 2.43. The molecule has 1 aromatic rings. The second kappa shape index (κ2) is 6.67. The number of aliphatic hydroxyl groups is 1. The van der Waals surface area contributed by atoms with Gasteiger partial charge in [0.15, 0.2) is 0 Å². The smallest absolute Gasteiger partial charge is 0.243 e. The molecule has 2 N–H and O–H groups in total. The summed E-state index contributed by atoms with van der Waals surface area (Å²) in [4.78, 5) is 4.23. The zero-order chi connectivity index (χ0) is 13.6. The van der Waals surface area contributed by atoms with E-state index in [0.29, 0.717) is 18.8 Å². The van der Waals surface area contributed by atoms with Crippen LogP contribution in [0.5, 0.6) is 0 Å². The molecule has 0 radical (unpaired) electrons. The molecule has 0 aliphatic carbocycles. The minimum Gasteiger partial charge on any atom is -0.396 e. The van der Waals surface area contributed by atoms with Crippen molar-refractivity contribution >= 4 is 15.8 Å². The van der Waals surface area contributed by atoms with Gasteiger partial charge in [-0.1, -0.05) is 0 Å². The molecule has 6 nitrogen and oxygen atoms in total. The van der Waals surface area contributed by atoms with Crippen molar-refractivity contribution in [3.05, 3.63) is 18.3 Å². The van der Waals surface area contributed by atoms with E-state index >= 15 is 0 Å². The Morgan fingerprint density at radius 1 is 1.50 bits per heavy atom. The molecule has 7 heteroatoms. The molecule has 0 aliphatic heterocycles. The first-order chi connectivity index (χ1) is 8.52. The number of anilines is 1. The van der Waals surface area contributed by atoms with E-state index in [2.05, 4.69) is 10.3 Å². The van der Waals surface area contributed by atoms with Gasteiger partial charge in [-0.15, -0.1) is 0 Å². The van der Waals surface area contributed by atoms with Gasteiger partial charge in [-0.3, -0.25) is 0 Å². The van der Waals surface area contributed by atoms with E-state index in [1.807, 2.05) is 6.92 Å². The molecule has 0 atom stereocenters. The normalized spacial score (nSPS) is 11.8. The molecule has 0 saturated carbocycles. The van der Waals surface area contributed by atoms with E-state index in [0.717, 1.165) is 0 Å². The molecule has 0 saturated heterocycles. The third kappa shape index (κ3) is 3.66. The number of hydrogen-bond donors (Lipinski definition) is 2. The van der Waals surface area contributed by atoms with Crippen molar-refractivity contribution in [3.63, 3.8) is 0 Å². The SMILES string of the molecule is CCNc1cc(S(=O)(=O)N(C)CCCO)ccn1. The zero-order valence-electron chi connectivity index (χ0n) is 10.6. The third-order valence-corrected chi connectivity index (χ3v) is 4.28. The van der Waals surface area contributed by atoms with E-state index in [1.54, 1.807) is 0 Å². The molecular weight excluding hydrogens is 254 g/mol. The van der Waals surface area contributed by atoms with Gasteiger partial charge in [0, 0.05) is 39.0 Å². The molecule has 0 unspecified atom stereocenters. The summed E-state index contributed by atoms with van der Waals surface area (Å²) < 4.78 is 25.6. The Morgan fingerprint density at radius 3 is 2.83 bits per heavy atom. The van der Waals surface area contributed by atoms with Gasteiger partial charge >= 0.3 is 0 Å². The van der Waals surface area contributed by atoms with Gasteiger partial charge < -0.3 is 10.4 Å². The van der Waals surface area contributed by atoms with Gasteiger partial charge in [-0.2, -0.15) is 0 Å². The molecule has 102 valence electrons. The number of aromatic nitrogens is 1. The van der Waals surface area contributed by atoms with Crippen LogP contribution in [0.2, 0.25) is 0 Å². The summed E-state index contributed by atoms with van der Waals surface area (Å²) in [6.45, 7) is 2.85. The monoisotopic (exact) mass is 273 g/mol. The average molecular weight is 273 g/mol. The highest BCUT2D eigenvalue weighted by atomic mass is 32.2. The van der Waals surface area contributed by atoms with Crippen molar-refractivity contribution in [3.8, 4) is 0 Å². The van der Waals surface area contributed by atoms with Gasteiger partial charge in [0.05, 0.1) is 4.90 Å². The van der Waals surface area contributed by atoms with Crippen LogP contribution in [0.3, 0.4) is 0 Å². The van der Waals surface area contributed by atoms with E-state index in [4.69, 9.17) is 5.11 Å². The number of rotatable bonds is 7. The number of aliphatic hydroxyl groups excluding tert-OH is 1. The summed E-state index contributed by atoms with van der Waals surface area (Å²) in [7, 11) is -2.01. The second-order valence-corrected chi connectivity index (χ2v) is 5.86. The van der Waals surface area contributed by atoms with Crippen LogP contribution >= 0.6 is 0 Å². The maximum atomic E-state index is 12.2. The van der Waals surface area contributed by atoms with Crippen LogP contribution in [-0.4, -0.2) is 49.6 Å². The van der Waals surface area contributed by atoms with Crippen LogP contribution in [0.4, 0.5) is 5.82 Å². The van der Waals surface area contributed by atoms with Crippen molar-refractivity contribution in [1.29, 1.82) is 0 Å². The molecule has 0 spiro atoms. The first kappa shape index (κ1) is 14.9. The first-order valence-electron chi connectivity index (χ1n) is 5.79. The number of pyridine rings is 1. The first-order valence-corrected chi connectivity index (χ1v) is 7.23. The largest absolute Gasteiger partial charge is 0.396 e. The van der Waals surface area contributed by atoms with Crippen LogP contribution in [0.1, 0.15) is 13.3 Å². The highest BCUT2D eigenvalue weighted by Crippen LogP contribution is 2.16. The Morgan fingerprint density at radius 2 is 2.22 bits per heavy atom. The van der Waals surface area contributed by atoms with Crippen molar-refractivity contribution in [2.24, 2.45) is 0 Å². The fourth-order valence-electron chi connectivity index (χ4n) is 1.44. The summed E-state index contributed by atoms with van der Waals surface area (Å²) in [5.41, 5.74) is 0. The highest BCUT2D eigenvalue weighted by molar-refractivity contribution is 7.89.